The summed E-state index contributed by atoms with van der Waals surface area (Å²) in [5, 5.41) is 0.519. The Hall–Kier alpha value is -3.11. The molecular formula is C28H29N3O4S2. The second-order valence-electron chi connectivity index (χ2n) is 9.11. The van der Waals surface area contributed by atoms with Crippen LogP contribution in [0.15, 0.2) is 77.7 Å². The maximum Gasteiger partial charge on any atom is 0.233 e. The summed E-state index contributed by atoms with van der Waals surface area (Å²) in [6.07, 6.45) is 1.41. The van der Waals surface area contributed by atoms with Crippen molar-refractivity contribution in [2.24, 2.45) is 0 Å². The molecule has 7 nitrogen and oxygen atoms in total. The third-order valence-electron chi connectivity index (χ3n) is 6.46. The number of carbonyl (C=O) groups is 1. The zero-order chi connectivity index (χ0) is 25.8. The Kier molecular flexibility index (Phi) is 7.66. The van der Waals surface area contributed by atoms with Crippen molar-refractivity contribution >= 4 is 42.4 Å². The van der Waals surface area contributed by atoms with Gasteiger partial charge in [-0.05, 0) is 28.8 Å². The van der Waals surface area contributed by atoms with Crippen LogP contribution in [-0.4, -0.2) is 69.9 Å². The Bertz CT molecular complexity index is 1480. The molecule has 192 valence electrons. The molecule has 4 aromatic rings. The molecule has 0 bridgehead atoms. The number of sulfone groups is 1. The van der Waals surface area contributed by atoms with E-state index in [1.54, 1.807) is 17.0 Å². The molecule has 37 heavy (non-hydrogen) atoms. The minimum Gasteiger partial charge on any atom is -0.379 e. The van der Waals surface area contributed by atoms with Crippen LogP contribution in [0.3, 0.4) is 0 Å². The minimum absolute atomic E-state index is 0.0688. The maximum atomic E-state index is 13.6. The highest BCUT2D eigenvalue weighted by Gasteiger charge is 2.24. The van der Waals surface area contributed by atoms with E-state index in [4.69, 9.17) is 4.74 Å². The van der Waals surface area contributed by atoms with Crippen molar-refractivity contribution in [3.8, 4) is 11.1 Å². The zero-order valence-corrected chi connectivity index (χ0v) is 22.3. The lowest BCUT2D eigenvalue weighted by Gasteiger charge is -2.29. The molecule has 1 amide bonds. The van der Waals surface area contributed by atoms with Crippen LogP contribution in [0, 0.1) is 0 Å². The largest absolute Gasteiger partial charge is 0.379 e. The topological polar surface area (TPSA) is 79.8 Å². The summed E-state index contributed by atoms with van der Waals surface area (Å²) < 4.78 is 30.9. The predicted molar refractivity (Wildman–Crippen MR) is 148 cm³/mol. The molecule has 0 unspecified atom stereocenters. The Morgan fingerprint density at radius 3 is 2.38 bits per heavy atom. The predicted octanol–water partition coefficient (Wildman–Crippen LogP) is 4.27. The number of carbonyl (C=O) groups excluding carboxylic acids is 1. The number of ether oxygens (including phenoxy) is 1. The molecule has 9 heteroatoms. The number of aromatic nitrogens is 1. The lowest BCUT2D eigenvalue weighted by Crippen LogP contribution is -2.43. The molecule has 3 aromatic carbocycles. The van der Waals surface area contributed by atoms with E-state index in [9.17, 15) is 13.2 Å². The normalized spacial score (nSPS) is 14.6. The van der Waals surface area contributed by atoms with E-state index in [-0.39, 0.29) is 17.2 Å². The number of thiazole rings is 1. The second kappa shape index (κ2) is 11.1. The van der Waals surface area contributed by atoms with Gasteiger partial charge in [-0.25, -0.2) is 13.4 Å². The monoisotopic (exact) mass is 535 g/mol. The average Bonchev–Trinajstić information content (AvgIpc) is 3.34. The number of anilines is 1. The first kappa shape index (κ1) is 25.5. The summed E-state index contributed by atoms with van der Waals surface area (Å²) in [5.74, 6) is -0.0688. The lowest BCUT2D eigenvalue weighted by atomic mass is 10.0. The van der Waals surface area contributed by atoms with Crippen LogP contribution < -0.4 is 4.90 Å². The average molecular weight is 536 g/mol. The quantitative estimate of drug-likeness (QED) is 0.335. The highest BCUT2D eigenvalue weighted by molar-refractivity contribution is 7.91. The van der Waals surface area contributed by atoms with Gasteiger partial charge in [0, 0.05) is 32.4 Å². The molecule has 1 fully saturated rings. The van der Waals surface area contributed by atoms with Crippen LogP contribution in [0.2, 0.25) is 0 Å². The van der Waals surface area contributed by atoms with Gasteiger partial charge in [0.2, 0.25) is 5.91 Å². The Morgan fingerprint density at radius 2 is 1.68 bits per heavy atom. The molecule has 0 spiro atoms. The number of nitrogens with zero attached hydrogens (tertiary/aromatic N) is 3. The lowest BCUT2D eigenvalue weighted by molar-refractivity contribution is -0.118. The number of benzene rings is 3. The standard InChI is InChI=1S/C28H29N3O4S2/c1-37(33,34)25-9-5-8-24-27(25)29-28(36-24)31(15-14-30-16-18-35-19-17-30)26(32)20-21-10-12-23(13-11-21)22-6-3-2-4-7-22/h2-13H,14-20H2,1H3. The Morgan fingerprint density at radius 1 is 0.973 bits per heavy atom. The second-order valence-corrected chi connectivity index (χ2v) is 12.1. The molecule has 1 saturated heterocycles. The molecule has 0 atom stereocenters. The van der Waals surface area contributed by atoms with Crippen molar-refractivity contribution in [2.45, 2.75) is 11.3 Å². The third-order valence-corrected chi connectivity index (χ3v) is 8.63. The zero-order valence-electron chi connectivity index (χ0n) is 20.7. The van der Waals surface area contributed by atoms with Gasteiger partial charge >= 0.3 is 0 Å². The molecule has 0 radical (unpaired) electrons. The van der Waals surface area contributed by atoms with E-state index in [0.717, 1.165) is 34.5 Å². The van der Waals surface area contributed by atoms with Gasteiger partial charge in [0.25, 0.3) is 0 Å². The van der Waals surface area contributed by atoms with Crippen LogP contribution in [0.1, 0.15) is 5.56 Å². The summed E-state index contributed by atoms with van der Waals surface area (Å²) in [7, 11) is -3.45. The molecule has 0 saturated carbocycles. The molecule has 0 aliphatic carbocycles. The highest BCUT2D eigenvalue weighted by atomic mass is 32.2. The van der Waals surface area contributed by atoms with Gasteiger partial charge < -0.3 is 4.74 Å². The van der Waals surface area contributed by atoms with Gasteiger partial charge in [-0.3, -0.25) is 14.6 Å². The molecule has 1 aliphatic rings. The van der Waals surface area contributed by atoms with Crippen molar-refractivity contribution in [1.29, 1.82) is 0 Å². The van der Waals surface area contributed by atoms with Crippen molar-refractivity contribution in [2.75, 3.05) is 50.5 Å². The maximum absolute atomic E-state index is 13.6. The number of hydrogen-bond acceptors (Lipinski definition) is 7. The Labute approximate surface area is 221 Å². The number of fused-ring (bicyclic) bond motifs is 1. The number of hydrogen-bond donors (Lipinski definition) is 0. The van der Waals surface area contributed by atoms with E-state index >= 15 is 0 Å². The first-order valence-electron chi connectivity index (χ1n) is 12.2. The third kappa shape index (κ3) is 6.07. The van der Waals surface area contributed by atoms with E-state index in [2.05, 4.69) is 22.0 Å². The Balaban J connectivity index is 1.41. The summed E-state index contributed by atoms with van der Waals surface area (Å²) in [4.78, 5) is 22.5. The fraction of sp³-hybridized carbons (Fsp3) is 0.286. The number of amides is 1. The van der Waals surface area contributed by atoms with E-state index in [0.29, 0.717) is 37.0 Å². The first-order valence-corrected chi connectivity index (χ1v) is 14.9. The van der Waals surface area contributed by atoms with Crippen molar-refractivity contribution in [3.05, 3.63) is 78.4 Å². The van der Waals surface area contributed by atoms with Crippen LogP contribution in [-0.2, 0) is 25.8 Å². The molecular weight excluding hydrogens is 506 g/mol. The number of morpholine rings is 1. The summed E-state index contributed by atoms with van der Waals surface area (Å²) >= 11 is 1.35. The van der Waals surface area contributed by atoms with Gasteiger partial charge in [-0.2, -0.15) is 0 Å². The van der Waals surface area contributed by atoms with Crippen LogP contribution in [0.25, 0.3) is 21.3 Å². The smallest absolute Gasteiger partial charge is 0.233 e. The van der Waals surface area contributed by atoms with Crippen molar-refractivity contribution in [3.63, 3.8) is 0 Å². The number of rotatable bonds is 8. The SMILES string of the molecule is CS(=O)(=O)c1cccc2sc(N(CCN3CCOCC3)C(=O)Cc3ccc(-c4ccccc4)cc3)nc12. The summed E-state index contributed by atoms with van der Waals surface area (Å²) in [6.45, 7) is 4.16. The molecule has 1 aliphatic heterocycles. The van der Waals surface area contributed by atoms with Crippen molar-refractivity contribution in [1.82, 2.24) is 9.88 Å². The van der Waals surface area contributed by atoms with Crippen LogP contribution in [0.5, 0.6) is 0 Å². The van der Waals surface area contributed by atoms with Gasteiger partial charge in [0.05, 0.1) is 29.2 Å². The molecule has 5 rings (SSSR count). The first-order chi connectivity index (χ1) is 17.9. The fourth-order valence-electron chi connectivity index (χ4n) is 4.44. The van der Waals surface area contributed by atoms with Crippen LogP contribution >= 0.6 is 11.3 Å². The fourth-order valence-corrected chi connectivity index (χ4v) is 6.37. The number of para-hydroxylation sites is 1. The van der Waals surface area contributed by atoms with E-state index < -0.39 is 9.84 Å². The van der Waals surface area contributed by atoms with Crippen molar-refractivity contribution < 1.29 is 17.9 Å². The van der Waals surface area contributed by atoms with Gasteiger partial charge in [0.1, 0.15) is 5.52 Å². The molecule has 0 N–H and O–H groups in total. The molecule has 2 heterocycles. The minimum atomic E-state index is -3.45. The van der Waals surface area contributed by atoms with Gasteiger partial charge in [0.15, 0.2) is 15.0 Å². The molecule has 1 aromatic heterocycles. The van der Waals surface area contributed by atoms with Crippen LogP contribution in [0.4, 0.5) is 5.13 Å². The van der Waals surface area contributed by atoms with Gasteiger partial charge in [-0.15, -0.1) is 0 Å². The summed E-state index contributed by atoms with van der Waals surface area (Å²) in [6, 6.07) is 23.3. The van der Waals surface area contributed by atoms with E-state index in [1.165, 1.54) is 17.6 Å². The van der Waals surface area contributed by atoms with Gasteiger partial charge in [-0.1, -0.05) is 72.0 Å². The van der Waals surface area contributed by atoms with E-state index in [1.807, 2.05) is 48.5 Å². The highest BCUT2D eigenvalue weighted by Crippen LogP contribution is 2.33. The summed E-state index contributed by atoms with van der Waals surface area (Å²) in [5.41, 5.74) is 3.56.